The largest absolute Gasteiger partial charge is 0.244 e. The minimum Gasteiger partial charge on any atom is -0.244 e. The fourth-order valence-electron chi connectivity index (χ4n) is 0.996. The molecule has 0 radical (unpaired) electrons. The summed E-state index contributed by atoms with van der Waals surface area (Å²) >= 11 is 0. The molecular weight excluding hydrogens is 151 g/mol. The van der Waals surface area contributed by atoms with E-state index in [1.165, 1.54) is 6.42 Å². The van der Waals surface area contributed by atoms with E-state index in [4.69, 9.17) is 0 Å². The van der Waals surface area contributed by atoms with Gasteiger partial charge in [-0.05, 0) is 25.7 Å². The highest BCUT2D eigenvalue weighted by Crippen LogP contribution is 2.23. The lowest BCUT2D eigenvalue weighted by Gasteiger charge is -2.19. The molecule has 0 nitrogen and oxygen atoms in total. The van der Waals surface area contributed by atoms with Gasteiger partial charge < -0.3 is 0 Å². The number of hydrogen-bond donors (Lipinski definition) is 0. The Morgan fingerprint density at radius 2 is 1.50 bits per heavy atom. The molecule has 0 aromatic heterocycles. The predicted molar refractivity (Wildman–Crippen MR) is 55.2 cm³/mol. The van der Waals surface area contributed by atoms with Gasteiger partial charge in [0.25, 0.3) is 0 Å². The summed E-state index contributed by atoms with van der Waals surface area (Å²) in [6, 6.07) is 0. The Labute approximate surface area is 77.6 Å². The summed E-state index contributed by atoms with van der Waals surface area (Å²) in [5.41, 5.74) is -0.936. The van der Waals surface area contributed by atoms with Crippen LogP contribution in [0.25, 0.3) is 0 Å². The molecule has 0 aromatic carbocycles. The van der Waals surface area contributed by atoms with E-state index in [0.717, 1.165) is 0 Å². The lowest BCUT2D eigenvalue weighted by atomic mass is 9.94. The molecule has 0 fully saturated rings. The first-order valence-electron chi connectivity index (χ1n) is 5.08. The maximum atomic E-state index is 13.1. The minimum atomic E-state index is -0.936. The zero-order valence-electron chi connectivity index (χ0n) is 9.58. The van der Waals surface area contributed by atoms with Crippen molar-refractivity contribution < 1.29 is 4.39 Å². The van der Waals surface area contributed by atoms with E-state index >= 15 is 0 Å². The summed E-state index contributed by atoms with van der Waals surface area (Å²) in [6.07, 6.45) is 2.56. The summed E-state index contributed by atoms with van der Waals surface area (Å²) < 4.78 is 13.1. The van der Waals surface area contributed by atoms with Crippen LogP contribution in [0, 0.1) is 5.92 Å². The molecule has 1 unspecified atom stereocenters. The van der Waals surface area contributed by atoms with Gasteiger partial charge in [0.05, 0.1) is 0 Å². The molecule has 0 N–H and O–H groups in total. The van der Waals surface area contributed by atoms with Crippen LogP contribution in [0.1, 0.15) is 60.8 Å². The molecule has 0 aliphatic rings. The van der Waals surface area contributed by atoms with Gasteiger partial charge in [0.2, 0.25) is 0 Å². The Kier molecular flexibility index (Phi) is 9.12. The lowest BCUT2D eigenvalue weighted by Crippen LogP contribution is -2.18. The molecule has 0 heterocycles. The third-order valence-corrected chi connectivity index (χ3v) is 1.57. The molecule has 0 aliphatic carbocycles. The zero-order chi connectivity index (χ0) is 10.2. The van der Waals surface area contributed by atoms with Crippen molar-refractivity contribution in [3.05, 3.63) is 0 Å². The van der Waals surface area contributed by atoms with E-state index in [1.54, 1.807) is 6.92 Å². The SMILES string of the molecule is CCC.CCC(C)(F)CC(C)C. The van der Waals surface area contributed by atoms with Crippen molar-refractivity contribution in [1.29, 1.82) is 0 Å². The molecule has 0 bridgehead atoms. The number of rotatable bonds is 3. The summed E-state index contributed by atoms with van der Waals surface area (Å²) in [6.45, 7) is 11.9. The normalized spacial score (nSPS) is 15.0. The smallest absolute Gasteiger partial charge is 0.108 e. The fraction of sp³-hybridized carbons (Fsp3) is 1.00. The average Bonchev–Trinajstić information content (AvgIpc) is 1.87. The van der Waals surface area contributed by atoms with E-state index in [9.17, 15) is 4.39 Å². The van der Waals surface area contributed by atoms with Crippen molar-refractivity contribution in [3.63, 3.8) is 0 Å². The molecule has 12 heavy (non-hydrogen) atoms. The van der Waals surface area contributed by atoms with Gasteiger partial charge in [0, 0.05) is 0 Å². The highest BCUT2D eigenvalue weighted by atomic mass is 19.1. The van der Waals surface area contributed by atoms with E-state index in [2.05, 4.69) is 13.8 Å². The maximum absolute atomic E-state index is 13.1. The van der Waals surface area contributed by atoms with Crippen molar-refractivity contribution in [2.75, 3.05) is 0 Å². The first-order valence-corrected chi connectivity index (χ1v) is 5.08. The van der Waals surface area contributed by atoms with Crippen LogP contribution in [0.5, 0.6) is 0 Å². The molecular formula is C11H25F. The van der Waals surface area contributed by atoms with Crippen molar-refractivity contribution in [3.8, 4) is 0 Å². The lowest BCUT2D eigenvalue weighted by molar-refractivity contribution is 0.148. The summed E-state index contributed by atoms with van der Waals surface area (Å²) in [5, 5.41) is 0. The Morgan fingerprint density at radius 1 is 1.17 bits per heavy atom. The Hall–Kier alpha value is -0.0700. The molecule has 0 aromatic rings. The standard InChI is InChI=1S/C8H17F.C3H8/c1-5-8(4,9)6-7(2)3;1-3-2/h7H,5-6H2,1-4H3;3H2,1-2H3. The quantitative estimate of drug-likeness (QED) is 0.590. The van der Waals surface area contributed by atoms with Gasteiger partial charge >= 0.3 is 0 Å². The van der Waals surface area contributed by atoms with Crippen LogP contribution in [-0.2, 0) is 0 Å². The molecule has 0 amide bonds. The molecule has 0 aliphatic heterocycles. The topological polar surface area (TPSA) is 0 Å². The van der Waals surface area contributed by atoms with Crippen molar-refractivity contribution in [1.82, 2.24) is 0 Å². The number of alkyl halides is 1. The van der Waals surface area contributed by atoms with Gasteiger partial charge in [-0.2, -0.15) is 0 Å². The monoisotopic (exact) mass is 176 g/mol. The minimum absolute atomic E-state index is 0.472. The summed E-state index contributed by atoms with van der Waals surface area (Å²) in [7, 11) is 0. The van der Waals surface area contributed by atoms with Gasteiger partial charge in [-0.3, -0.25) is 0 Å². The molecule has 1 atom stereocenters. The Morgan fingerprint density at radius 3 is 1.58 bits per heavy atom. The first kappa shape index (κ1) is 14.5. The van der Waals surface area contributed by atoms with Crippen LogP contribution >= 0.6 is 0 Å². The van der Waals surface area contributed by atoms with Crippen molar-refractivity contribution >= 4 is 0 Å². The van der Waals surface area contributed by atoms with Crippen LogP contribution < -0.4 is 0 Å². The molecule has 1 heteroatoms. The predicted octanol–water partition coefficient (Wildman–Crippen LogP) is 4.59. The van der Waals surface area contributed by atoms with Crippen molar-refractivity contribution in [2.45, 2.75) is 66.5 Å². The Bertz CT molecular complexity index is 85.0. The van der Waals surface area contributed by atoms with Crippen LogP contribution in [0.15, 0.2) is 0 Å². The van der Waals surface area contributed by atoms with Crippen LogP contribution in [0.3, 0.4) is 0 Å². The van der Waals surface area contributed by atoms with Crippen LogP contribution in [-0.4, -0.2) is 5.67 Å². The second kappa shape index (κ2) is 7.57. The van der Waals surface area contributed by atoms with E-state index in [0.29, 0.717) is 18.8 Å². The van der Waals surface area contributed by atoms with Gasteiger partial charge in [0.1, 0.15) is 5.67 Å². The second-order valence-electron chi connectivity index (χ2n) is 4.07. The van der Waals surface area contributed by atoms with Gasteiger partial charge in [0.15, 0.2) is 0 Å². The maximum Gasteiger partial charge on any atom is 0.108 e. The summed E-state index contributed by atoms with van der Waals surface area (Å²) in [5.74, 6) is 0.472. The fourth-order valence-corrected chi connectivity index (χ4v) is 0.996. The van der Waals surface area contributed by atoms with E-state index in [-0.39, 0.29) is 0 Å². The highest BCUT2D eigenvalue weighted by molar-refractivity contribution is 4.71. The third-order valence-electron chi connectivity index (χ3n) is 1.57. The van der Waals surface area contributed by atoms with Crippen LogP contribution in [0.2, 0.25) is 0 Å². The van der Waals surface area contributed by atoms with E-state index < -0.39 is 5.67 Å². The van der Waals surface area contributed by atoms with Gasteiger partial charge in [-0.1, -0.05) is 41.0 Å². The zero-order valence-corrected chi connectivity index (χ0v) is 9.58. The summed E-state index contributed by atoms with van der Waals surface area (Å²) in [4.78, 5) is 0. The highest BCUT2D eigenvalue weighted by Gasteiger charge is 2.20. The number of halogens is 1. The first-order chi connectivity index (χ1) is 5.39. The third kappa shape index (κ3) is 12.6. The van der Waals surface area contributed by atoms with Gasteiger partial charge in [-0.15, -0.1) is 0 Å². The second-order valence-corrected chi connectivity index (χ2v) is 4.07. The Balaban J connectivity index is 0. The van der Waals surface area contributed by atoms with E-state index in [1.807, 2.05) is 20.8 Å². The number of hydrogen-bond acceptors (Lipinski definition) is 0. The van der Waals surface area contributed by atoms with Crippen LogP contribution in [0.4, 0.5) is 4.39 Å². The molecule has 0 spiro atoms. The van der Waals surface area contributed by atoms with Crippen molar-refractivity contribution in [2.24, 2.45) is 5.92 Å². The molecule has 0 saturated heterocycles. The average molecular weight is 176 g/mol. The molecule has 76 valence electrons. The van der Waals surface area contributed by atoms with Gasteiger partial charge in [-0.25, -0.2) is 4.39 Å². The molecule has 0 rings (SSSR count). The molecule has 0 saturated carbocycles.